The summed E-state index contributed by atoms with van der Waals surface area (Å²) >= 11 is 0. The Hall–Kier alpha value is -1.20. The maximum absolute atomic E-state index is 12.6. The molecule has 0 radical (unpaired) electrons. The minimum absolute atomic E-state index is 0.00334. The fraction of sp³-hybridized carbons (Fsp3) is 0.562. The zero-order chi connectivity index (χ0) is 16.4. The molecule has 0 aromatic heterocycles. The molecule has 5 heteroatoms. The molecule has 118 valence electrons. The number of esters is 1. The Kier molecular flexibility index (Phi) is 5.70. The lowest BCUT2D eigenvalue weighted by Crippen LogP contribution is -2.34. The van der Waals surface area contributed by atoms with Crippen molar-refractivity contribution in [1.29, 1.82) is 0 Å². The highest BCUT2D eigenvalue weighted by Crippen LogP contribution is 2.21. The molecule has 1 unspecified atom stereocenters. The number of hydrogen-bond acceptors (Lipinski definition) is 3. The molecule has 4 nitrogen and oxygen atoms in total. The van der Waals surface area contributed by atoms with Gasteiger partial charge in [0.1, 0.15) is 23.1 Å². The topological polar surface area (TPSA) is 46.6 Å². The van der Waals surface area contributed by atoms with Gasteiger partial charge in [-0.3, -0.25) is 4.79 Å². The zero-order valence-electron chi connectivity index (χ0n) is 13.9. The first-order valence-electron chi connectivity index (χ1n) is 6.94. The van der Waals surface area contributed by atoms with Gasteiger partial charge in [-0.25, -0.2) is 8.51 Å². The Morgan fingerprint density at radius 2 is 1.67 bits per heavy atom. The molecule has 0 amide bonds. The first-order valence-corrected chi connectivity index (χ1v) is 8.04. The van der Waals surface area contributed by atoms with E-state index in [1.807, 2.05) is 53.7 Å². The van der Waals surface area contributed by atoms with Gasteiger partial charge in [-0.15, -0.1) is 0 Å². The number of benzene rings is 1. The lowest BCUT2D eigenvalue weighted by Gasteiger charge is -2.23. The van der Waals surface area contributed by atoms with Crippen molar-refractivity contribution in [2.24, 2.45) is 0 Å². The highest BCUT2D eigenvalue weighted by molar-refractivity contribution is 7.82. The van der Waals surface area contributed by atoms with Crippen molar-refractivity contribution >= 4 is 17.0 Å². The summed E-state index contributed by atoms with van der Waals surface area (Å²) in [7, 11) is 0.289. The largest absolute Gasteiger partial charge is 0.459 e. The Morgan fingerprint density at radius 1 is 1.19 bits per heavy atom. The summed E-state index contributed by atoms with van der Waals surface area (Å²) in [6.07, 6.45) is 0. The van der Waals surface area contributed by atoms with Crippen LogP contribution in [0.5, 0.6) is 0 Å². The standard InChI is InChI=1S/C16H25NO3S/c1-11-8-12(2)15(13(3)9-11)21(19)17(7)10-14(18)20-16(4,5)6/h8-9H,10H2,1-7H3. The second-order valence-electron chi connectivity index (χ2n) is 6.35. The van der Waals surface area contributed by atoms with Crippen LogP contribution in [0, 0.1) is 20.8 Å². The van der Waals surface area contributed by atoms with Gasteiger partial charge in [0.15, 0.2) is 0 Å². The van der Waals surface area contributed by atoms with Crippen LogP contribution in [0.25, 0.3) is 0 Å². The van der Waals surface area contributed by atoms with Crippen LogP contribution in [0.2, 0.25) is 0 Å². The van der Waals surface area contributed by atoms with Gasteiger partial charge >= 0.3 is 5.97 Å². The molecule has 1 rings (SSSR count). The summed E-state index contributed by atoms with van der Waals surface area (Å²) in [5.41, 5.74) is 2.55. The van der Waals surface area contributed by atoms with Gasteiger partial charge in [0, 0.05) is 7.05 Å². The Bertz CT molecular complexity index is 538. The number of ether oxygens (including phenoxy) is 1. The van der Waals surface area contributed by atoms with Crippen molar-refractivity contribution in [3.8, 4) is 0 Å². The van der Waals surface area contributed by atoms with E-state index in [1.54, 1.807) is 7.05 Å². The zero-order valence-corrected chi connectivity index (χ0v) is 14.8. The predicted octanol–water partition coefficient (Wildman–Crippen LogP) is 2.91. The highest BCUT2D eigenvalue weighted by Gasteiger charge is 2.22. The van der Waals surface area contributed by atoms with Crippen LogP contribution in [-0.4, -0.2) is 33.7 Å². The van der Waals surface area contributed by atoms with Gasteiger partial charge in [-0.05, 0) is 52.7 Å². The first-order chi connectivity index (χ1) is 9.51. The van der Waals surface area contributed by atoms with E-state index in [9.17, 15) is 9.00 Å². The SMILES string of the molecule is Cc1cc(C)c(S(=O)N(C)CC(=O)OC(C)(C)C)c(C)c1. The minimum atomic E-state index is -1.38. The van der Waals surface area contributed by atoms with Gasteiger partial charge in [0.05, 0.1) is 4.90 Å². The average Bonchev–Trinajstić information content (AvgIpc) is 2.24. The van der Waals surface area contributed by atoms with E-state index < -0.39 is 16.6 Å². The van der Waals surface area contributed by atoms with Crippen molar-refractivity contribution in [3.63, 3.8) is 0 Å². The molecule has 0 saturated carbocycles. The van der Waals surface area contributed by atoms with Gasteiger partial charge in [-0.1, -0.05) is 17.7 Å². The van der Waals surface area contributed by atoms with E-state index in [1.165, 1.54) is 4.31 Å². The molecule has 0 bridgehead atoms. The lowest BCUT2D eigenvalue weighted by atomic mass is 10.1. The van der Waals surface area contributed by atoms with Crippen molar-refractivity contribution < 1.29 is 13.7 Å². The third-order valence-corrected chi connectivity index (χ3v) is 4.52. The fourth-order valence-corrected chi connectivity index (χ4v) is 3.42. The van der Waals surface area contributed by atoms with Gasteiger partial charge in [0.2, 0.25) is 0 Å². The monoisotopic (exact) mass is 311 g/mol. The summed E-state index contributed by atoms with van der Waals surface area (Å²) in [5, 5.41) is 0. The smallest absolute Gasteiger partial charge is 0.321 e. The predicted molar refractivity (Wildman–Crippen MR) is 85.5 cm³/mol. The summed E-state index contributed by atoms with van der Waals surface area (Å²) in [6, 6.07) is 4.00. The molecule has 0 saturated heterocycles. The first kappa shape index (κ1) is 17.9. The van der Waals surface area contributed by atoms with E-state index in [-0.39, 0.29) is 12.5 Å². The third kappa shape index (κ3) is 5.25. The third-order valence-electron chi connectivity index (χ3n) is 2.83. The van der Waals surface area contributed by atoms with Crippen molar-refractivity contribution in [1.82, 2.24) is 4.31 Å². The summed E-state index contributed by atoms with van der Waals surface area (Å²) in [5.74, 6) is -0.374. The lowest BCUT2D eigenvalue weighted by molar-refractivity contribution is -0.154. The van der Waals surface area contributed by atoms with Crippen molar-refractivity contribution in [2.45, 2.75) is 52.0 Å². The normalized spacial score (nSPS) is 13.3. The fourth-order valence-electron chi connectivity index (χ4n) is 2.21. The van der Waals surface area contributed by atoms with E-state index in [0.29, 0.717) is 0 Å². The maximum Gasteiger partial charge on any atom is 0.321 e. The van der Waals surface area contributed by atoms with E-state index in [0.717, 1.165) is 21.6 Å². The van der Waals surface area contributed by atoms with Crippen LogP contribution < -0.4 is 0 Å². The molecule has 1 atom stereocenters. The Morgan fingerprint density at radius 3 is 2.10 bits per heavy atom. The molecule has 0 aliphatic rings. The molecular weight excluding hydrogens is 286 g/mol. The number of hydrogen-bond donors (Lipinski definition) is 0. The van der Waals surface area contributed by atoms with E-state index >= 15 is 0 Å². The summed E-state index contributed by atoms with van der Waals surface area (Å²) < 4.78 is 19.4. The number of aryl methyl sites for hydroxylation is 3. The van der Waals surface area contributed by atoms with Gasteiger partial charge < -0.3 is 4.74 Å². The van der Waals surface area contributed by atoms with E-state index in [4.69, 9.17) is 4.74 Å². The Labute approximate surface area is 130 Å². The summed E-state index contributed by atoms with van der Waals surface area (Å²) in [4.78, 5) is 12.6. The minimum Gasteiger partial charge on any atom is -0.459 e. The van der Waals surface area contributed by atoms with Gasteiger partial charge in [-0.2, -0.15) is 0 Å². The molecule has 1 aromatic carbocycles. The van der Waals surface area contributed by atoms with Crippen LogP contribution in [0.3, 0.4) is 0 Å². The number of likely N-dealkylation sites (N-methyl/N-ethyl adjacent to an activating group) is 1. The van der Waals surface area contributed by atoms with Gasteiger partial charge in [0.25, 0.3) is 0 Å². The molecule has 0 aliphatic carbocycles. The number of nitrogens with zero attached hydrogens (tertiary/aromatic N) is 1. The quantitative estimate of drug-likeness (QED) is 0.803. The Balaban J connectivity index is 2.87. The second kappa shape index (κ2) is 6.71. The maximum atomic E-state index is 12.6. The molecule has 0 N–H and O–H groups in total. The molecule has 0 heterocycles. The molecule has 0 fully saturated rings. The molecule has 0 spiro atoms. The molecule has 1 aromatic rings. The molecule has 21 heavy (non-hydrogen) atoms. The van der Waals surface area contributed by atoms with Crippen molar-refractivity contribution in [3.05, 3.63) is 28.8 Å². The molecular formula is C16H25NO3S. The van der Waals surface area contributed by atoms with Crippen LogP contribution in [-0.2, 0) is 20.5 Å². The second-order valence-corrected chi connectivity index (χ2v) is 7.88. The summed E-state index contributed by atoms with van der Waals surface area (Å²) in [6.45, 7) is 11.3. The van der Waals surface area contributed by atoms with E-state index in [2.05, 4.69) is 0 Å². The number of carbonyl (C=O) groups is 1. The van der Waals surface area contributed by atoms with Crippen LogP contribution in [0.15, 0.2) is 17.0 Å². The average molecular weight is 311 g/mol. The van der Waals surface area contributed by atoms with Crippen molar-refractivity contribution in [2.75, 3.05) is 13.6 Å². The highest BCUT2D eigenvalue weighted by atomic mass is 32.2. The van der Waals surface area contributed by atoms with Crippen LogP contribution in [0.1, 0.15) is 37.5 Å². The van der Waals surface area contributed by atoms with Crippen LogP contribution in [0.4, 0.5) is 0 Å². The number of carbonyl (C=O) groups excluding carboxylic acids is 1. The van der Waals surface area contributed by atoms with Crippen LogP contribution >= 0.6 is 0 Å². The molecule has 0 aliphatic heterocycles. The number of rotatable bonds is 4.